The minimum atomic E-state index is -0.324. The van der Waals surface area contributed by atoms with Gasteiger partial charge < -0.3 is 20.1 Å². The number of likely N-dealkylation sites (N-methyl/N-ethyl adjacent to an activating group) is 1. The normalized spacial score (nSPS) is 22.8. The van der Waals surface area contributed by atoms with Crippen LogP contribution in [-0.2, 0) is 6.42 Å². The number of ether oxygens (including phenoxy) is 2. The third kappa shape index (κ3) is 2.75. The molecule has 0 aromatic heterocycles. The molecule has 5 nitrogen and oxygen atoms in total. The molecule has 0 spiro atoms. The van der Waals surface area contributed by atoms with E-state index >= 15 is 0 Å². The summed E-state index contributed by atoms with van der Waals surface area (Å²) in [6, 6.07) is 6.09. The first kappa shape index (κ1) is 13.7. The summed E-state index contributed by atoms with van der Waals surface area (Å²) in [6.45, 7) is 6.63. The number of piperazine rings is 1. The van der Waals surface area contributed by atoms with Crippen molar-refractivity contribution in [3.63, 3.8) is 0 Å². The Hall–Kier alpha value is -1.30. The van der Waals surface area contributed by atoms with E-state index in [2.05, 4.69) is 29.8 Å². The van der Waals surface area contributed by atoms with Gasteiger partial charge in [-0.25, -0.2) is 0 Å². The fraction of sp³-hybridized carbons (Fsp3) is 0.600. The van der Waals surface area contributed by atoms with Gasteiger partial charge in [0.2, 0.25) is 6.79 Å². The third-order valence-electron chi connectivity index (χ3n) is 4.22. The molecule has 110 valence electrons. The first-order valence-electron chi connectivity index (χ1n) is 7.16. The van der Waals surface area contributed by atoms with Gasteiger partial charge in [-0.1, -0.05) is 6.07 Å². The molecular formula is C15H23N3O2. The Morgan fingerprint density at radius 2 is 1.85 bits per heavy atom. The van der Waals surface area contributed by atoms with Gasteiger partial charge in [-0.3, -0.25) is 4.90 Å². The van der Waals surface area contributed by atoms with E-state index in [1.54, 1.807) is 0 Å². The summed E-state index contributed by atoms with van der Waals surface area (Å²) in [5.41, 5.74) is 7.42. The Morgan fingerprint density at radius 1 is 1.15 bits per heavy atom. The molecule has 1 aromatic carbocycles. The average molecular weight is 277 g/mol. The lowest BCUT2D eigenvalue weighted by molar-refractivity contribution is 0.0546. The molecule has 1 aromatic rings. The summed E-state index contributed by atoms with van der Waals surface area (Å²) in [7, 11) is 2.16. The second kappa shape index (κ2) is 5.24. The Kier molecular flexibility index (Phi) is 3.58. The molecule has 20 heavy (non-hydrogen) atoms. The van der Waals surface area contributed by atoms with Crippen molar-refractivity contribution < 1.29 is 9.47 Å². The highest BCUT2D eigenvalue weighted by atomic mass is 16.7. The van der Waals surface area contributed by atoms with Gasteiger partial charge in [-0.15, -0.1) is 0 Å². The topological polar surface area (TPSA) is 51.0 Å². The number of nitrogens with zero attached hydrogens (tertiary/aromatic N) is 2. The van der Waals surface area contributed by atoms with Crippen LogP contribution >= 0.6 is 0 Å². The maximum Gasteiger partial charge on any atom is 0.231 e. The molecular weight excluding hydrogens is 254 g/mol. The molecule has 1 atom stereocenters. The summed E-state index contributed by atoms with van der Waals surface area (Å²) in [5, 5.41) is 0. The zero-order valence-electron chi connectivity index (χ0n) is 12.3. The summed E-state index contributed by atoms with van der Waals surface area (Å²) in [6.07, 6.45) is 0.813. The maximum absolute atomic E-state index is 6.55. The maximum atomic E-state index is 6.55. The number of benzene rings is 1. The van der Waals surface area contributed by atoms with E-state index in [1.165, 1.54) is 5.56 Å². The molecule has 0 amide bonds. The van der Waals surface area contributed by atoms with Crippen molar-refractivity contribution in [3.8, 4) is 11.5 Å². The molecule has 2 heterocycles. The predicted molar refractivity (Wildman–Crippen MR) is 77.9 cm³/mol. The molecule has 0 bridgehead atoms. The largest absolute Gasteiger partial charge is 0.454 e. The molecule has 1 fully saturated rings. The Morgan fingerprint density at radius 3 is 2.60 bits per heavy atom. The van der Waals surface area contributed by atoms with Crippen LogP contribution in [-0.4, -0.2) is 55.5 Å². The van der Waals surface area contributed by atoms with Crippen molar-refractivity contribution >= 4 is 0 Å². The van der Waals surface area contributed by atoms with Crippen LogP contribution in [0.4, 0.5) is 0 Å². The number of hydrogen-bond acceptors (Lipinski definition) is 5. The van der Waals surface area contributed by atoms with Gasteiger partial charge >= 0.3 is 0 Å². The van der Waals surface area contributed by atoms with Gasteiger partial charge in [-0.05, 0) is 31.7 Å². The second-order valence-corrected chi connectivity index (χ2v) is 6.01. The standard InChI is InChI=1S/C15H23N3O2/c1-15(16,18-7-5-17(2)6-8-18)10-12-3-4-13-14(9-12)20-11-19-13/h3-4,9H,5-8,10-11,16H2,1-2H3. The highest BCUT2D eigenvalue weighted by molar-refractivity contribution is 5.44. The molecule has 3 rings (SSSR count). The Balaban J connectivity index is 1.69. The number of hydrogen-bond donors (Lipinski definition) is 1. The van der Waals surface area contributed by atoms with E-state index in [4.69, 9.17) is 15.2 Å². The van der Waals surface area contributed by atoms with Crippen molar-refractivity contribution in [2.45, 2.75) is 19.0 Å². The molecule has 0 aliphatic carbocycles. The summed E-state index contributed by atoms with van der Waals surface area (Å²) in [4.78, 5) is 4.71. The highest BCUT2D eigenvalue weighted by Crippen LogP contribution is 2.33. The van der Waals surface area contributed by atoms with Crippen LogP contribution in [0.2, 0.25) is 0 Å². The fourth-order valence-electron chi connectivity index (χ4n) is 2.89. The molecule has 0 radical (unpaired) electrons. The van der Waals surface area contributed by atoms with Crippen LogP contribution in [0.15, 0.2) is 18.2 Å². The molecule has 5 heteroatoms. The van der Waals surface area contributed by atoms with Crippen molar-refractivity contribution in [3.05, 3.63) is 23.8 Å². The van der Waals surface area contributed by atoms with E-state index in [9.17, 15) is 0 Å². The van der Waals surface area contributed by atoms with Crippen molar-refractivity contribution in [1.29, 1.82) is 0 Å². The summed E-state index contributed by atoms with van der Waals surface area (Å²) < 4.78 is 10.8. The molecule has 2 N–H and O–H groups in total. The van der Waals surface area contributed by atoms with Gasteiger partial charge in [-0.2, -0.15) is 0 Å². The van der Waals surface area contributed by atoms with Gasteiger partial charge in [0.1, 0.15) is 0 Å². The van der Waals surface area contributed by atoms with E-state index in [0.29, 0.717) is 6.79 Å². The summed E-state index contributed by atoms with van der Waals surface area (Å²) in [5.74, 6) is 1.66. The lowest BCUT2D eigenvalue weighted by Gasteiger charge is -2.43. The highest BCUT2D eigenvalue weighted by Gasteiger charge is 2.30. The van der Waals surface area contributed by atoms with E-state index in [1.807, 2.05) is 12.1 Å². The average Bonchev–Trinajstić information content (AvgIpc) is 2.86. The lowest BCUT2D eigenvalue weighted by atomic mass is 9.99. The number of rotatable bonds is 3. The smallest absolute Gasteiger partial charge is 0.231 e. The quantitative estimate of drug-likeness (QED) is 0.889. The van der Waals surface area contributed by atoms with Crippen LogP contribution in [0, 0.1) is 0 Å². The van der Waals surface area contributed by atoms with Crippen molar-refractivity contribution in [2.24, 2.45) is 5.73 Å². The predicted octanol–water partition coefficient (Wildman–Crippen LogP) is 0.880. The molecule has 2 aliphatic rings. The zero-order valence-corrected chi connectivity index (χ0v) is 12.3. The van der Waals surface area contributed by atoms with Gasteiger partial charge in [0.15, 0.2) is 11.5 Å². The number of fused-ring (bicyclic) bond motifs is 1. The SMILES string of the molecule is CN1CCN(C(C)(N)Cc2ccc3c(c2)OCO3)CC1. The van der Waals surface area contributed by atoms with Crippen LogP contribution in [0.5, 0.6) is 11.5 Å². The van der Waals surface area contributed by atoms with Crippen LogP contribution < -0.4 is 15.2 Å². The first-order chi connectivity index (χ1) is 9.54. The van der Waals surface area contributed by atoms with Gasteiger partial charge in [0.05, 0.1) is 5.66 Å². The fourth-order valence-corrected chi connectivity index (χ4v) is 2.89. The molecule has 0 saturated carbocycles. The lowest BCUT2D eigenvalue weighted by Crippen LogP contribution is -2.60. The monoisotopic (exact) mass is 277 g/mol. The Labute approximate surface area is 120 Å². The van der Waals surface area contributed by atoms with Crippen LogP contribution in [0.1, 0.15) is 12.5 Å². The van der Waals surface area contributed by atoms with Crippen molar-refractivity contribution in [2.75, 3.05) is 40.0 Å². The molecule has 2 aliphatic heterocycles. The third-order valence-corrected chi connectivity index (χ3v) is 4.22. The minimum absolute atomic E-state index is 0.317. The van der Waals surface area contributed by atoms with Gasteiger partial charge in [0.25, 0.3) is 0 Å². The second-order valence-electron chi connectivity index (χ2n) is 6.01. The zero-order chi connectivity index (χ0) is 14.2. The molecule has 1 unspecified atom stereocenters. The minimum Gasteiger partial charge on any atom is -0.454 e. The van der Waals surface area contributed by atoms with E-state index in [-0.39, 0.29) is 5.66 Å². The first-order valence-corrected chi connectivity index (χ1v) is 7.16. The Bertz CT molecular complexity index is 482. The summed E-state index contributed by atoms with van der Waals surface area (Å²) >= 11 is 0. The van der Waals surface area contributed by atoms with Gasteiger partial charge in [0, 0.05) is 32.6 Å². The molecule has 1 saturated heterocycles. The van der Waals surface area contributed by atoms with Crippen molar-refractivity contribution in [1.82, 2.24) is 9.80 Å². The van der Waals surface area contributed by atoms with E-state index < -0.39 is 0 Å². The van der Waals surface area contributed by atoms with Crippen LogP contribution in [0.3, 0.4) is 0 Å². The van der Waals surface area contributed by atoms with Crippen LogP contribution in [0.25, 0.3) is 0 Å². The van der Waals surface area contributed by atoms with E-state index in [0.717, 1.165) is 44.1 Å². The number of nitrogens with two attached hydrogens (primary N) is 1.